The van der Waals surface area contributed by atoms with E-state index in [0.717, 1.165) is 18.4 Å². The molecule has 0 bridgehead atoms. The molecule has 2 aromatic rings. The maximum atomic E-state index is 11.6. The van der Waals surface area contributed by atoms with Gasteiger partial charge in [-0.15, -0.1) is 0 Å². The Kier molecular flexibility index (Phi) is 4.99. The lowest BCUT2D eigenvalue weighted by molar-refractivity contribution is -0.384. The number of nitro groups is 1. The van der Waals surface area contributed by atoms with Crippen LogP contribution in [-0.4, -0.2) is 23.3 Å². The van der Waals surface area contributed by atoms with Gasteiger partial charge in [-0.25, -0.2) is 0 Å². The molecule has 0 N–H and O–H groups in total. The molecule has 2 atom stereocenters. The van der Waals surface area contributed by atoms with Gasteiger partial charge in [0.1, 0.15) is 5.69 Å². The third-order valence-corrected chi connectivity index (χ3v) is 4.87. The summed E-state index contributed by atoms with van der Waals surface area (Å²) in [6.45, 7) is 2.04. The summed E-state index contributed by atoms with van der Waals surface area (Å²) in [5.41, 5.74) is 1.61. The van der Waals surface area contributed by atoms with E-state index in [0.29, 0.717) is 17.8 Å². The van der Waals surface area contributed by atoms with Crippen LogP contribution in [-0.2, 0) is 0 Å². The van der Waals surface area contributed by atoms with Gasteiger partial charge in [0.15, 0.2) is 5.78 Å². The minimum atomic E-state index is -0.457. The molecule has 0 saturated carbocycles. The lowest BCUT2D eigenvalue weighted by atomic mass is 9.91. The minimum Gasteiger partial charge on any atom is -0.361 e. The molecule has 1 saturated heterocycles. The number of hydrogen-bond acceptors (Lipinski definition) is 5. The maximum Gasteiger partial charge on any atom is 0.293 e. The Balaban J connectivity index is 2.02. The van der Waals surface area contributed by atoms with Gasteiger partial charge < -0.3 is 4.90 Å². The highest BCUT2D eigenvalue weighted by atomic mass is 16.6. The fourth-order valence-corrected chi connectivity index (χ4v) is 3.61. The van der Waals surface area contributed by atoms with Crippen molar-refractivity contribution in [3.8, 4) is 6.07 Å². The van der Waals surface area contributed by atoms with Crippen molar-refractivity contribution in [2.45, 2.75) is 31.7 Å². The number of carbonyl (C=O) groups is 1. The minimum absolute atomic E-state index is 0.0886. The number of anilines is 1. The zero-order chi connectivity index (χ0) is 18.7. The van der Waals surface area contributed by atoms with E-state index in [2.05, 4.69) is 6.07 Å². The molecule has 3 rings (SSSR count). The molecule has 26 heavy (non-hydrogen) atoms. The van der Waals surface area contributed by atoms with Crippen molar-refractivity contribution in [3.05, 3.63) is 69.8 Å². The van der Waals surface area contributed by atoms with Crippen molar-refractivity contribution in [1.82, 2.24) is 0 Å². The topological polar surface area (TPSA) is 87.2 Å². The van der Waals surface area contributed by atoms with Crippen LogP contribution in [0.15, 0.2) is 48.5 Å². The molecule has 0 spiro atoms. The molecule has 6 nitrogen and oxygen atoms in total. The van der Waals surface area contributed by atoms with Gasteiger partial charge in [0, 0.05) is 24.2 Å². The Morgan fingerprint density at radius 2 is 2.04 bits per heavy atom. The molecular formula is C20H19N3O3. The summed E-state index contributed by atoms with van der Waals surface area (Å²) in [6.07, 6.45) is 1.65. The quantitative estimate of drug-likeness (QED) is 0.461. The van der Waals surface area contributed by atoms with Crippen LogP contribution in [0.25, 0.3) is 0 Å². The summed E-state index contributed by atoms with van der Waals surface area (Å²) in [4.78, 5) is 24.6. The molecule has 132 valence electrons. The Morgan fingerprint density at radius 3 is 2.65 bits per heavy atom. The number of nitriles is 1. The van der Waals surface area contributed by atoms with Crippen LogP contribution in [0.1, 0.15) is 41.6 Å². The van der Waals surface area contributed by atoms with E-state index in [1.165, 1.54) is 13.0 Å². The van der Waals surface area contributed by atoms with Gasteiger partial charge in [0.2, 0.25) is 0 Å². The number of hydrogen-bond donors (Lipinski definition) is 0. The van der Waals surface area contributed by atoms with Gasteiger partial charge in [-0.3, -0.25) is 14.9 Å². The van der Waals surface area contributed by atoms with E-state index in [1.807, 2.05) is 35.2 Å². The second-order valence-electron chi connectivity index (χ2n) is 6.44. The maximum absolute atomic E-state index is 11.6. The van der Waals surface area contributed by atoms with E-state index < -0.39 is 4.92 Å². The van der Waals surface area contributed by atoms with Gasteiger partial charge in [-0.05, 0) is 37.5 Å². The molecule has 1 fully saturated rings. The summed E-state index contributed by atoms with van der Waals surface area (Å²) >= 11 is 0. The van der Waals surface area contributed by atoms with Crippen molar-refractivity contribution in [1.29, 1.82) is 5.26 Å². The van der Waals surface area contributed by atoms with E-state index >= 15 is 0 Å². The van der Waals surface area contributed by atoms with Crippen molar-refractivity contribution in [2.75, 3.05) is 11.4 Å². The van der Waals surface area contributed by atoms with Gasteiger partial charge in [-0.2, -0.15) is 5.26 Å². The Bertz CT molecular complexity index is 874. The lowest BCUT2D eigenvalue weighted by Gasteiger charge is -2.30. The van der Waals surface area contributed by atoms with Crippen LogP contribution in [0.3, 0.4) is 0 Å². The number of nitro benzene ring substituents is 1. The first-order valence-electron chi connectivity index (χ1n) is 8.53. The van der Waals surface area contributed by atoms with Crippen LogP contribution < -0.4 is 4.90 Å². The normalized spacial score (nSPS) is 17.5. The molecule has 0 aromatic heterocycles. The molecule has 1 aliphatic heterocycles. The van der Waals surface area contributed by atoms with E-state index in [-0.39, 0.29) is 23.4 Å². The van der Waals surface area contributed by atoms with Gasteiger partial charge in [0.25, 0.3) is 5.69 Å². The molecule has 0 amide bonds. The summed E-state index contributed by atoms with van der Waals surface area (Å²) in [5, 5.41) is 21.3. The van der Waals surface area contributed by atoms with Gasteiger partial charge in [-0.1, -0.05) is 30.3 Å². The second kappa shape index (κ2) is 7.36. The van der Waals surface area contributed by atoms with Crippen molar-refractivity contribution in [2.24, 2.45) is 0 Å². The highest BCUT2D eigenvalue weighted by Crippen LogP contribution is 2.39. The van der Waals surface area contributed by atoms with Crippen LogP contribution in [0.5, 0.6) is 0 Å². The number of carbonyl (C=O) groups excluding carboxylic acids is 1. The standard InChI is InChI=1S/C20H19N3O3/c1-14(24)16-9-10-19(20(12-16)23(25)26)22-11-5-8-18(22)17(13-21)15-6-3-2-4-7-15/h2-4,6-7,9-10,12,17-18H,5,8,11H2,1H3. The molecule has 1 heterocycles. The van der Waals surface area contributed by atoms with Crippen LogP contribution in [0, 0.1) is 21.4 Å². The summed E-state index contributed by atoms with van der Waals surface area (Å²) in [7, 11) is 0. The van der Waals surface area contributed by atoms with Crippen molar-refractivity contribution < 1.29 is 9.72 Å². The molecule has 6 heteroatoms. The van der Waals surface area contributed by atoms with E-state index in [1.54, 1.807) is 12.1 Å². The SMILES string of the molecule is CC(=O)c1ccc(N2CCCC2C(C#N)c2ccccc2)c([N+](=O)[O-])c1. The largest absolute Gasteiger partial charge is 0.361 e. The van der Waals surface area contributed by atoms with E-state index in [9.17, 15) is 20.2 Å². The smallest absolute Gasteiger partial charge is 0.293 e. The number of benzene rings is 2. The first-order chi connectivity index (χ1) is 12.5. The monoisotopic (exact) mass is 349 g/mol. The summed E-state index contributed by atoms with van der Waals surface area (Å²) in [6, 6.07) is 16.3. The predicted octanol–water partition coefficient (Wildman–Crippen LogP) is 4.07. The van der Waals surface area contributed by atoms with Crippen LogP contribution >= 0.6 is 0 Å². The molecule has 1 aliphatic rings. The number of ketones is 1. The first-order valence-corrected chi connectivity index (χ1v) is 8.53. The number of rotatable bonds is 5. The zero-order valence-corrected chi connectivity index (χ0v) is 14.5. The Morgan fingerprint density at radius 1 is 1.31 bits per heavy atom. The molecular weight excluding hydrogens is 330 g/mol. The summed E-state index contributed by atoms with van der Waals surface area (Å²) < 4.78 is 0. The highest BCUT2D eigenvalue weighted by molar-refractivity contribution is 5.95. The van der Waals surface area contributed by atoms with Crippen molar-refractivity contribution in [3.63, 3.8) is 0 Å². The van der Waals surface area contributed by atoms with Crippen LogP contribution in [0.4, 0.5) is 11.4 Å². The predicted molar refractivity (Wildman–Crippen MR) is 98.3 cm³/mol. The molecule has 0 aliphatic carbocycles. The molecule has 2 unspecified atom stereocenters. The third-order valence-electron chi connectivity index (χ3n) is 4.87. The molecule has 0 radical (unpaired) electrons. The Labute approximate surface area is 151 Å². The Hall–Kier alpha value is -3.20. The molecule has 2 aromatic carbocycles. The first kappa shape index (κ1) is 17.6. The van der Waals surface area contributed by atoms with E-state index in [4.69, 9.17) is 0 Å². The van der Waals surface area contributed by atoms with Gasteiger partial charge >= 0.3 is 0 Å². The average Bonchev–Trinajstić information content (AvgIpc) is 3.12. The van der Waals surface area contributed by atoms with Gasteiger partial charge in [0.05, 0.1) is 16.9 Å². The average molecular weight is 349 g/mol. The summed E-state index contributed by atoms with van der Waals surface area (Å²) in [5.74, 6) is -0.581. The zero-order valence-electron chi connectivity index (χ0n) is 14.5. The lowest BCUT2D eigenvalue weighted by Crippen LogP contribution is -2.34. The fourth-order valence-electron chi connectivity index (χ4n) is 3.61. The number of Topliss-reactive ketones (excluding diaryl/α,β-unsaturated/α-hetero) is 1. The second-order valence-corrected chi connectivity index (χ2v) is 6.44. The van der Waals surface area contributed by atoms with Crippen LogP contribution in [0.2, 0.25) is 0 Å². The highest BCUT2D eigenvalue weighted by Gasteiger charge is 2.36. The fraction of sp³-hybridized carbons (Fsp3) is 0.300. The third kappa shape index (κ3) is 3.29. The number of nitrogens with zero attached hydrogens (tertiary/aromatic N) is 3. The van der Waals surface area contributed by atoms with Crippen molar-refractivity contribution >= 4 is 17.2 Å².